The lowest BCUT2D eigenvalue weighted by atomic mass is 9.87. The van der Waals surface area contributed by atoms with Crippen molar-refractivity contribution in [1.82, 2.24) is 10.2 Å². The topological polar surface area (TPSA) is 49.4 Å². The lowest BCUT2D eigenvalue weighted by Crippen LogP contribution is -2.52. The van der Waals surface area contributed by atoms with Crippen LogP contribution in [0, 0.1) is 0 Å². The zero-order valence-electron chi connectivity index (χ0n) is 12.5. The summed E-state index contributed by atoms with van der Waals surface area (Å²) >= 11 is 1.64. The number of nitrogens with zero attached hydrogens (tertiary/aromatic N) is 1. The van der Waals surface area contributed by atoms with Crippen LogP contribution in [0.1, 0.15) is 42.9 Å². The van der Waals surface area contributed by atoms with Gasteiger partial charge in [0, 0.05) is 18.7 Å². The Morgan fingerprint density at radius 2 is 2.18 bits per heavy atom. The molecule has 4 rings (SSSR count). The van der Waals surface area contributed by atoms with E-state index in [9.17, 15) is 9.59 Å². The van der Waals surface area contributed by atoms with Crippen LogP contribution in [-0.4, -0.2) is 33.9 Å². The van der Waals surface area contributed by atoms with Crippen LogP contribution in [0.3, 0.4) is 0 Å². The predicted octanol–water partition coefficient (Wildman–Crippen LogP) is 2.25. The molecule has 2 amide bonds. The monoisotopic (exact) mass is 316 g/mol. The van der Waals surface area contributed by atoms with Gasteiger partial charge in [0.1, 0.15) is 0 Å². The van der Waals surface area contributed by atoms with Gasteiger partial charge in [0.05, 0.1) is 6.04 Å². The maximum absolute atomic E-state index is 12.9. The molecule has 0 unspecified atom stereocenters. The lowest BCUT2D eigenvalue weighted by molar-refractivity contribution is -0.136. The van der Waals surface area contributed by atoms with E-state index in [0.29, 0.717) is 19.4 Å². The lowest BCUT2D eigenvalue weighted by Gasteiger charge is -2.33. The van der Waals surface area contributed by atoms with E-state index >= 15 is 0 Å². The number of thioether (sulfide) groups is 1. The van der Waals surface area contributed by atoms with Crippen molar-refractivity contribution in [3.8, 4) is 0 Å². The zero-order valence-corrected chi connectivity index (χ0v) is 13.3. The third-order valence-electron chi connectivity index (χ3n) is 5.10. The van der Waals surface area contributed by atoms with Crippen molar-refractivity contribution in [2.45, 2.75) is 43.0 Å². The van der Waals surface area contributed by atoms with Gasteiger partial charge in [-0.2, -0.15) is 0 Å². The maximum Gasteiger partial charge on any atom is 0.257 e. The third-order valence-corrected chi connectivity index (χ3v) is 6.57. The van der Waals surface area contributed by atoms with Crippen molar-refractivity contribution in [1.29, 1.82) is 0 Å². The third kappa shape index (κ3) is 2.06. The predicted molar refractivity (Wildman–Crippen MR) is 86.4 cm³/mol. The maximum atomic E-state index is 12.9. The van der Waals surface area contributed by atoms with Crippen molar-refractivity contribution in [3.63, 3.8) is 0 Å². The molecule has 2 heterocycles. The summed E-state index contributed by atoms with van der Waals surface area (Å²) in [5.41, 5.74) is 2.59. The molecule has 22 heavy (non-hydrogen) atoms. The normalized spacial score (nSPS) is 30.1. The number of benzene rings is 1. The van der Waals surface area contributed by atoms with Crippen molar-refractivity contribution in [3.05, 3.63) is 35.4 Å². The first-order chi connectivity index (χ1) is 10.7. The molecule has 1 aromatic carbocycles. The fourth-order valence-electron chi connectivity index (χ4n) is 3.99. The van der Waals surface area contributed by atoms with Gasteiger partial charge >= 0.3 is 0 Å². The average molecular weight is 316 g/mol. The van der Waals surface area contributed by atoms with E-state index in [-0.39, 0.29) is 17.9 Å². The Morgan fingerprint density at radius 3 is 3.09 bits per heavy atom. The molecule has 116 valence electrons. The molecule has 1 N–H and O–H groups in total. The van der Waals surface area contributed by atoms with E-state index < -0.39 is 4.87 Å². The number of aryl methyl sites for hydroxylation is 1. The summed E-state index contributed by atoms with van der Waals surface area (Å²) in [6, 6.07) is 8.46. The highest BCUT2D eigenvalue weighted by Crippen LogP contribution is 2.45. The Labute approximate surface area is 134 Å². The van der Waals surface area contributed by atoms with E-state index in [4.69, 9.17) is 0 Å². The van der Waals surface area contributed by atoms with Crippen LogP contribution < -0.4 is 5.32 Å². The summed E-state index contributed by atoms with van der Waals surface area (Å²) in [4.78, 5) is 26.1. The molecule has 2 atom stereocenters. The van der Waals surface area contributed by atoms with E-state index in [1.165, 1.54) is 11.1 Å². The highest BCUT2D eigenvalue weighted by molar-refractivity contribution is 8.01. The van der Waals surface area contributed by atoms with Gasteiger partial charge in [-0.25, -0.2) is 0 Å². The summed E-state index contributed by atoms with van der Waals surface area (Å²) in [5.74, 6) is 1.02. The summed E-state index contributed by atoms with van der Waals surface area (Å²) in [7, 11) is 0. The number of amides is 2. The molecular formula is C17H20N2O2S. The summed E-state index contributed by atoms with van der Waals surface area (Å²) in [6.07, 6.45) is 4.33. The molecule has 2 fully saturated rings. The van der Waals surface area contributed by atoms with Crippen LogP contribution in [0.4, 0.5) is 0 Å². The molecule has 2 saturated heterocycles. The Balaban J connectivity index is 1.57. The number of carbonyl (C=O) groups is 2. The van der Waals surface area contributed by atoms with Crippen molar-refractivity contribution in [2.24, 2.45) is 0 Å². The number of rotatable bonds is 2. The Kier molecular flexibility index (Phi) is 3.40. The molecule has 1 aromatic rings. The molecule has 3 aliphatic rings. The number of fused-ring (bicyclic) bond motifs is 2. The summed E-state index contributed by atoms with van der Waals surface area (Å²) in [5, 5.41) is 3.25. The van der Waals surface area contributed by atoms with Gasteiger partial charge in [0.2, 0.25) is 5.91 Å². The molecule has 1 aliphatic carbocycles. The number of hydrogen-bond donors (Lipinski definition) is 1. The van der Waals surface area contributed by atoms with Crippen LogP contribution in [0.15, 0.2) is 24.3 Å². The zero-order chi connectivity index (χ0) is 15.2. The van der Waals surface area contributed by atoms with Gasteiger partial charge in [-0.05, 0) is 36.8 Å². The van der Waals surface area contributed by atoms with Crippen LogP contribution in [0.2, 0.25) is 0 Å². The fraction of sp³-hybridized carbons (Fsp3) is 0.529. The van der Waals surface area contributed by atoms with Gasteiger partial charge < -0.3 is 10.2 Å². The number of nitrogens with one attached hydrogen (secondary N) is 1. The average Bonchev–Trinajstić information content (AvgIpc) is 3.10. The highest BCUT2D eigenvalue weighted by Gasteiger charge is 2.54. The molecule has 0 spiro atoms. The van der Waals surface area contributed by atoms with Crippen LogP contribution in [-0.2, 0) is 16.0 Å². The van der Waals surface area contributed by atoms with Crippen molar-refractivity contribution >= 4 is 23.6 Å². The van der Waals surface area contributed by atoms with E-state index in [0.717, 1.165) is 25.0 Å². The fourth-order valence-corrected chi connectivity index (χ4v) is 5.38. The smallest absolute Gasteiger partial charge is 0.257 e. The Morgan fingerprint density at radius 1 is 1.32 bits per heavy atom. The number of hydrogen-bond acceptors (Lipinski definition) is 3. The molecular weight excluding hydrogens is 296 g/mol. The SMILES string of the molecule is O=C1CC[C@@]2(C(=O)N[C@H]3CCCc4ccccc43)SCCN12. The van der Waals surface area contributed by atoms with E-state index in [2.05, 4.69) is 23.5 Å². The van der Waals surface area contributed by atoms with Crippen LogP contribution in [0.25, 0.3) is 0 Å². The minimum absolute atomic E-state index is 0.0301. The Bertz CT molecular complexity index is 633. The standard InChI is InChI=1S/C17H20N2O2S/c20-15-8-9-17(19(15)10-11-22-17)16(21)18-14-7-3-5-12-4-1-2-6-13(12)14/h1-2,4,6,14H,3,5,7-11H2,(H,18,21)/t14-,17-/m0/s1. The van der Waals surface area contributed by atoms with Gasteiger partial charge in [0.15, 0.2) is 4.87 Å². The van der Waals surface area contributed by atoms with Crippen molar-refractivity contribution < 1.29 is 9.59 Å². The molecule has 0 radical (unpaired) electrons. The second-order valence-electron chi connectivity index (χ2n) is 6.30. The van der Waals surface area contributed by atoms with Gasteiger partial charge in [-0.3, -0.25) is 9.59 Å². The molecule has 4 nitrogen and oxygen atoms in total. The van der Waals surface area contributed by atoms with E-state index in [1.807, 2.05) is 6.07 Å². The van der Waals surface area contributed by atoms with Gasteiger partial charge in [-0.1, -0.05) is 24.3 Å². The van der Waals surface area contributed by atoms with Crippen molar-refractivity contribution in [2.75, 3.05) is 12.3 Å². The van der Waals surface area contributed by atoms with Crippen LogP contribution >= 0.6 is 11.8 Å². The number of carbonyl (C=O) groups excluding carboxylic acids is 2. The minimum atomic E-state index is -0.635. The second kappa shape index (κ2) is 5.30. The Hall–Kier alpha value is -1.49. The molecule has 0 bridgehead atoms. The molecule has 5 heteroatoms. The first-order valence-electron chi connectivity index (χ1n) is 8.04. The first-order valence-corrected chi connectivity index (χ1v) is 9.02. The quantitative estimate of drug-likeness (QED) is 0.910. The largest absolute Gasteiger partial charge is 0.346 e. The molecule has 2 aliphatic heterocycles. The highest BCUT2D eigenvalue weighted by atomic mass is 32.2. The van der Waals surface area contributed by atoms with Crippen LogP contribution in [0.5, 0.6) is 0 Å². The van der Waals surface area contributed by atoms with Gasteiger partial charge in [0.25, 0.3) is 5.91 Å². The molecule has 0 aromatic heterocycles. The molecule has 0 saturated carbocycles. The first kappa shape index (κ1) is 14.1. The van der Waals surface area contributed by atoms with Gasteiger partial charge in [-0.15, -0.1) is 11.8 Å². The minimum Gasteiger partial charge on any atom is -0.346 e. The second-order valence-corrected chi connectivity index (χ2v) is 7.67. The van der Waals surface area contributed by atoms with E-state index in [1.54, 1.807) is 16.7 Å². The summed E-state index contributed by atoms with van der Waals surface area (Å²) < 4.78 is 0. The summed E-state index contributed by atoms with van der Waals surface area (Å²) in [6.45, 7) is 0.707.